The first-order valence-corrected chi connectivity index (χ1v) is 10.4. The largest absolute Gasteiger partial charge is 0.349 e. The van der Waals surface area contributed by atoms with Crippen LogP contribution < -0.4 is 10.6 Å². The van der Waals surface area contributed by atoms with Crippen LogP contribution in [0, 0.1) is 0 Å². The van der Waals surface area contributed by atoms with Gasteiger partial charge in [0.1, 0.15) is 0 Å². The second-order valence-corrected chi connectivity index (χ2v) is 8.01. The molecule has 2 amide bonds. The van der Waals surface area contributed by atoms with Gasteiger partial charge in [-0.15, -0.1) is 0 Å². The molecule has 5 nitrogen and oxygen atoms in total. The molecule has 30 heavy (non-hydrogen) atoms. The average Bonchev–Trinajstić information content (AvgIpc) is 3.56. The van der Waals surface area contributed by atoms with Gasteiger partial charge in [0, 0.05) is 25.6 Å². The van der Waals surface area contributed by atoms with Crippen molar-refractivity contribution in [3.63, 3.8) is 0 Å². The van der Waals surface area contributed by atoms with Gasteiger partial charge in [0.05, 0.1) is 11.3 Å². The Morgan fingerprint density at radius 2 is 1.70 bits per heavy atom. The molecule has 0 saturated heterocycles. The minimum absolute atomic E-state index is 0.0907. The van der Waals surface area contributed by atoms with Crippen LogP contribution in [0.4, 0.5) is 5.69 Å². The lowest BCUT2D eigenvalue weighted by atomic mass is 10.1. The van der Waals surface area contributed by atoms with Gasteiger partial charge in [0.2, 0.25) is 5.91 Å². The zero-order valence-corrected chi connectivity index (χ0v) is 17.2. The third-order valence-electron chi connectivity index (χ3n) is 5.35. The molecule has 1 aliphatic carbocycles. The predicted molar refractivity (Wildman–Crippen MR) is 120 cm³/mol. The number of nitrogens with one attached hydrogen (secondary N) is 2. The van der Waals surface area contributed by atoms with Gasteiger partial charge in [-0.1, -0.05) is 48.5 Å². The molecule has 0 atom stereocenters. The van der Waals surface area contributed by atoms with Gasteiger partial charge in [-0.2, -0.15) is 0 Å². The van der Waals surface area contributed by atoms with E-state index in [1.165, 1.54) is 16.3 Å². The number of hydrogen-bond donors (Lipinski definition) is 2. The number of benzene rings is 3. The standard InChI is InChI=1S/C25H27N3O2/c1-28(17-18-10-11-19-6-2-3-7-20(19)16-18)15-14-24(29)27-23-9-5-4-8-22(23)25(30)26-21-12-13-21/h2-11,16,21H,12-15,17H2,1H3,(H,26,30)(H,27,29). The number of hydrogen-bond acceptors (Lipinski definition) is 3. The average molecular weight is 402 g/mol. The fourth-order valence-electron chi connectivity index (χ4n) is 3.51. The highest BCUT2D eigenvalue weighted by molar-refractivity contribution is 6.04. The van der Waals surface area contributed by atoms with Crippen LogP contribution in [-0.2, 0) is 11.3 Å². The van der Waals surface area contributed by atoms with E-state index in [1.54, 1.807) is 12.1 Å². The molecule has 0 bridgehead atoms. The summed E-state index contributed by atoms with van der Waals surface area (Å²) in [5, 5.41) is 8.33. The van der Waals surface area contributed by atoms with E-state index in [0.29, 0.717) is 24.2 Å². The first-order valence-electron chi connectivity index (χ1n) is 10.4. The molecule has 1 aliphatic rings. The van der Waals surface area contributed by atoms with Crippen molar-refractivity contribution in [3.05, 3.63) is 77.9 Å². The van der Waals surface area contributed by atoms with Gasteiger partial charge in [0.15, 0.2) is 0 Å². The summed E-state index contributed by atoms with van der Waals surface area (Å²) in [6.07, 6.45) is 2.43. The SMILES string of the molecule is CN(CCC(=O)Nc1ccccc1C(=O)NC1CC1)Cc1ccc2ccccc2c1. The molecule has 0 aromatic heterocycles. The first-order chi connectivity index (χ1) is 14.6. The molecule has 0 aliphatic heterocycles. The molecule has 0 radical (unpaired) electrons. The number of para-hydroxylation sites is 1. The van der Waals surface area contributed by atoms with E-state index in [-0.39, 0.29) is 17.9 Å². The van der Waals surface area contributed by atoms with Crippen molar-refractivity contribution in [2.24, 2.45) is 0 Å². The maximum Gasteiger partial charge on any atom is 0.253 e. The van der Waals surface area contributed by atoms with Gasteiger partial charge in [-0.3, -0.25) is 9.59 Å². The summed E-state index contributed by atoms with van der Waals surface area (Å²) < 4.78 is 0. The van der Waals surface area contributed by atoms with Gasteiger partial charge < -0.3 is 15.5 Å². The van der Waals surface area contributed by atoms with Crippen molar-refractivity contribution in [3.8, 4) is 0 Å². The Labute approximate surface area is 177 Å². The number of carbonyl (C=O) groups excluding carboxylic acids is 2. The molecule has 0 unspecified atom stereocenters. The third-order valence-corrected chi connectivity index (χ3v) is 5.35. The summed E-state index contributed by atoms with van der Waals surface area (Å²) in [7, 11) is 2.01. The van der Waals surface area contributed by atoms with Crippen molar-refractivity contribution in [2.75, 3.05) is 18.9 Å². The molecule has 1 saturated carbocycles. The van der Waals surface area contributed by atoms with Crippen LogP contribution in [0.5, 0.6) is 0 Å². The second-order valence-electron chi connectivity index (χ2n) is 8.01. The van der Waals surface area contributed by atoms with Crippen LogP contribution in [0.3, 0.4) is 0 Å². The van der Waals surface area contributed by atoms with E-state index < -0.39 is 0 Å². The maximum absolute atomic E-state index is 12.5. The minimum atomic E-state index is -0.123. The predicted octanol–water partition coefficient (Wildman–Crippen LogP) is 4.19. The minimum Gasteiger partial charge on any atom is -0.349 e. The fraction of sp³-hybridized carbons (Fsp3) is 0.280. The van der Waals surface area contributed by atoms with Crippen LogP contribution in [0.15, 0.2) is 66.7 Å². The van der Waals surface area contributed by atoms with Gasteiger partial charge in [-0.05, 0) is 54.4 Å². The topological polar surface area (TPSA) is 61.4 Å². The van der Waals surface area contributed by atoms with Crippen LogP contribution in [0.25, 0.3) is 10.8 Å². The zero-order chi connectivity index (χ0) is 20.9. The Hall–Kier alpha value is -3.18. The smallest absolute Gasteiger partial charge is 0.253 e. The molecule has 0 heterocycles. The Balaban J connectivity index is 1.30. The van der Waals surface area contributed by atoms with E-state index >= 15 is 0 Å². The van der Waals surface area contributed by atoms with E-state index in [2.05, 4.69) is 45.9 Å². The summed E-state index contributed by atoms with van der Waals surface area (Å²) in [5.41, 5.74) is 2.30. The van der Waals surface area contributed by atoms with E-state index in [9.17, 15) is 9.59 Å². The quantitative estimate of drug-likeness (QED) is 0.595. The van der Waals surface area contributed by atoms with Crippen molar-refractivity contribution in [1.82, 2.24) is 10.2 Å². The molecule has 1 fully saturated rings. The maximum atomic E-state index is 12.5. The first kappa shape index (κ1) is 20.1. The second kappa shape index (κ2) is 9.09. The van der Waals surface area contributed by atoms with Crippen LogP contribution >= 0.6 is 0 Å². The number of fused-ring (bicyclic) bond motifs is 1. The monoisotopic (exact) mass is 401 g/mol. The zero-order valence-electron chi connectivity index (χ0n) is 17.2. The van der Waals surface area contributed by atoms with Gasteiger partial charge in [0.25, 0.3) is 5.91 Å². The molecular weight excluding hydrogens is 374 g/mol. The van der Waals surface area contributed by atoms with E-state index in [1.807, 2.05) is 31.3 Å². The van der Waals surface area contributed by atoms with Crippen molar-refractivity contribution in [1.29, 1.82) is 0 Å². The van der Waals surface area contributed by atoms with Crippen LogP contribution in [0.1, 0.15) is 35.2 Å². The van der Waals surface area contributed by atoms with Crippen molar-refractivity contribution < 1.29 is 9.59 Å². The lowest BCUT2D eigenvalue weighted by molar-refractivity contribution is -0.116. The highest BCUT2D eigenvalue weighted by Gasteiger charge is 2.25. The number of carbonyl (C=O) groups is 2. The fourth-order valence-corrected chi connectivity index (χ4v) is 3.51. The van der Waals surface area contributed by atoms with Gasteiger partial charge in [-0.25, -0.2) is 0 Å². The van der Waals surface area contributed by atoms with Crippen molar-refractivity contribution in [2.45, 2.75) is 31.8 Å². The highest BCUT2D eigenvalue weighted by atomic mass is 16.2. The van der Waals surface area contributed by atoms with Crippen LogP contribution in [0.2, 0.25) is 0 Å². The normalized spacial score (nSPS) is 13.4. The lowest BCUT2D eigenvalue weighted by Crippen LogP contribution is -2.28. The van der Waals surface area contributed by atoms with E-state index in [0.717, 1.165) is 19.4 Å². The summed E-state index contributed by atoms with van der Waals surface area (Å²) in [5.74, 6) is -0.214. The number of nitrogens with zero attached hydrogens (tertiary/aromatic N) is 1. The summed E-state index contributed by atoms with van der Waals surface area (Å²) >= 11 is 0. The molecule has 4 rings (SSSR count). The number of rotatable bonds is 8. The molecular formula is C25H27N3O2. The molecule has 5 heteroatoms. The highest BCUT2D eigenvalue weighted by Crippen LogP contribution is 2.22. The summed E-state index contributed by atoms with van der Waals surface area (Å²) in [6.45, 7) is 1.41. The molecule has 3 aromatic carbocycles. The van der Waals surface area contributed by atoms with Crippen molar-refractivity contribution >= 4 is 28.3 Å². The van der Waals surface area contributed by atoms with Crippen LogP contribution in [-0.4, -0.2) is 36.3 Å². The Kier molecular flexibility index (Phi) is 6.10. The lowest BCUT2D eigenvalue weighted by Gasteiger charge is -2.17. The van der Waals surface area contributed by atoms with E-state index in [4.69, 9.17) is 0 Å². The Morgan fingerprint density at radius 1 is 0.967 bits per heavy atom. The molecule has 0 spiro atoms. The number of amides is 2. The molecule has 3 aromatic rings. The summed E-state index contributed by atoms with van der Waals surface area (Å²) in [6, 6.07) is 22.2. The summed E-state index contributed by atoms with van der Waals surface area (Å²) in [4.78, 5) is 27.0. The number of anilines is 1. The Bertz CT molecular complexity index is 1060. The molecule has 154 valence electrons. The van der Waals surface area contributed by atoms with Gasteiger partial charge >= 0.3 is 0 Å². The molecule has 2 N–H and O–H groups in total. The third kappa shape index (κ3) is 5.24. The Morgan fingerprint density at radius 3 is 2.50 bits per heavy atom.